The molecule has 2 heterocycles. The average Bonchev–Trinajstić information content (AvgIpc) is 3.32. The monoisotopic (exact) mass is 421 g/mol. The van der Waals surface area contributed by atoms with E-state index in [-0.39, 0.29) is 22.6 Å². The van der Waals surface area contributed by atoms with Crippen LogP contribution in [0.3, 0.4) is 0 Å². The van der Waals surface area contributed by atoms with Gasteiger partial charge in [0.2, 0.25) is 0 Å². The maximum atomic E-state index is 12.8. The normalized spacial score (nSPS) is 15.2. The second-order valence-corrected chi connectivity index (χ2v) is 7.23. The van der Waals surface area contributed by atoms with Gasteiger partial charge in [0.05, 0.1) is 5.54 Å². The molecule has 1 aromatic carbocycles. The Balaban J connectivity index is 1.54. The van der Waals surface area contributed by atoms with Gasteiger partial charge in [-0.2, -0.15) is 18.3 Å². The number of alkyl halides is 3. The van der Waals surface area contributed by atoms with Gasteiger partial charge in [-0.05, 0) is 36.1 Å². The van der Waals surface area contributed by atoms with Gasteiger partial charge in [0.15, 0.2) is 5.15 Å². The number of rotatable bonds is 4. The van der Waals surface area contributed by atoms with Gasteiger partial charge in [0, 0.05) is 11.6 Å². The lowest BCUT2D eigenvalue weighted by molar-refractivity contribution is -0.141. The summed E-state index contributed by atoms with van der Waals surface area (Å²) in [7, 11) is 0. The van der Waals surface area contributed by atoms with Crippen LogP contribution in [0, 0.1) is 0 Å². The number of nitrogens with two attached hydrogens (primary N) is 1. The third kappa shape index (κ3) is 3.77. The van der Waals surface area contributed by atoms with Gasteiger partial charge in [-0.15, -0.1) is 0 Å². The zero-order chi connectivity index (χ0) is 20.8. The summed E-state index contributed by atoms with van der Waals surface area (Å²) in [5.41, 5.74) is 6.40. The van der Waals surface area contributed by atoms with Crippen molar-refractivity contribution >= 4 is 23.3 Å². The smallest absolute Gasteiger partial charge is 0.383 e. The van der Waals surface area contributed by atoms with Crippen molar-refractivity contribution in [2.75, 3.05) is 5.73 Å². The van der Waals surface area contributed by atoms with E-state index in [9.17, 15) is 18.0 Å². The molecule has 0 saturated heterocycles. The number of carbonyl (C=O) groups is 1. The number of nitrogen functional groups attached to an aromatic ring is 1. The Kier molecular flexibility index (Phi) is 4.49. The van der Waals surface area contributed by atoms with Crippen molar-refractivity contribution in [1.82, 2.24) is 20.5 Å². The number of nitrogens with one attached hydrogen (secondary N) is 2. The van der Waals surface area contributed by atoms with Crippen LogP contribution in [-0.4, -0.2) is 21.1 Å². The number of halogens is 4. The summed E-state index contributed by atoms with van der Waals surface area (Å²) in [5, 5.41) is 9.47. The van der Waals surface area contributed by atoms with E-state index >= 15 is 0 Å². The molecule has 1 fully saturated rings. The van der Waals surface area contributed by atoms with Gasteiger partial charge in [0.1, 0.15) is 17.2 Å². The number of H-pyrrole nitrogens is 1. The first kappa shape index (κ1) is 19.3. The number of aromatic amines is 1. The molecule has 0 bridgehead atoms. The van der Waals surface area contributed by atoms with Gasteiger partial charge in [-0.3, -0.25) is 9.89 Å². The number of hydrogen-bond donors (Lipinski definition) is 3. The maximum Gasteiger partial charge on any atom is 0.433 e. The molecule has 10 heteroatoms. The SMILES string of the molecule is Nc1nc(C(F)(F)F)ccc1-c1ccc(C2(NC(=O)c3cc(Cl)n[nH]3)CC2)cc1. The number of hydrogen-bond acceptors (Lipinski definition) is 4. The molecule has 6 nitrogen and oxygen atoms in total. The van der Waals surface area contributed by atoms with Crippen molar-refractivity contribution < 1.29 is 18.0 Å². The van der Waals surface area contributed by atoms with Gasteiger partial charge in [-0.1, -0.05) is 35.9 Å². The van der Waals surface area contributed by atoms with E-state index in [1.165, 1.54) is 12.1 Å². The van der Waals surface area contributed by atoms with Crippen molar-refractivity contribution in [3.8, 4) is 11.1 Å². The van der Waals surface area contributed by atoms with Gasteiger partial charge in [0.25, 0.3) is 5.91 Å². The summed E-state index contributed by atoms with van der Waals surface area (Å²) in [6.45, 7) is 0. The second kappa shape index (κ2) is 6.77. The van der Waals surface area contributed by atoms with Crippen LogP contribution in [-0.2, 0) is 11.7 Å². The minimum absolute atomic E-state index is 0.196. The Morgan fingerprint density at radius 2 is 1.86 bits per heavy atom. The minimum atomic E-state index is -4.55. The average molecular weight is 422 g/mol. The van der Waals surface area contributed by atoms with Gasteiger partial charge >= 0.3 is 6.18 Å². The van der Waals surface area contributed by atoms with Crippen LogP contribution in [0.25, 0.3) is 11.1 Å². The van der Waals surface area contributed by atoms with E-state index in [0.717, 1.165) is 24.5 Å². The molecule has 1 aliphatic rings. The van der Waals surface area contributed by atoms with Crippen LogP contribution in [0.15, 0.2) is 42.5 Å². The fourth-order valence-electron chi connectivity index (χ4n) is 3.15. The molecule has 4 N–H and O–H groups in total. The Hall–Kier alpha value is -3.07. The first-order valence-corrected chi connectivity index (χ1v) is 9.04. The quantitative estimate of drug-likeness (QED) is 0.589. The number of carbonyl (C=O) groups excluding carboxylic acids is 1. The molecule has 150 valence electrons. The zero-order valence-corrected chi connectivity index (χ0v) is 15.6. The summed E-state index contributed by atoms with van der Waals surface area (Å²) in [6.07, 6.45) is -3.01. The van der Waals surface area contributed by atoms with Gasteiger partial charge in [-0.25, -0.2) is 4.98 Å². The first-order chi connectivity index (χ1) is 13.7. The third-order valence-electron chi connectivity index (χ3n) is 4.86. The number of amides is 1. The molecule has 3 aromatic rings. The molecule has 29 heavy (non-hydrogen) atoms. The van der Waals surface area contributed by atoms with E-state index in [0.29, 0.717) is 11.1 Å². The Morgan fingerprint density at radius 3 is 2.38 bits per heavy atom. The standard InChI is InChI=1S/C19H15ClF3N5O/c20-15-9-13(27-28-15)17(29)26-18(7-8-18)11-3-1-10(2-4-11)12-5-6-14(19(21,22)23)25-16(12)24/h1-6,9H,7-8H2,(H2,24,25)(H,26,29)(H,27,28). The Bertz CT molecular complexity index is 1070. The molecule has 2 aromatic heterocycles. The van der Waals surface area contributed by atoms with E-state index in [1.54, 1.807) is 12.1 Å². The molecule has 1 aliphatic carbocycles. The highest BCUT2D eigenvalue weighted by molar-refractivity contribution is 6.29. The number of aromatic nitrogens is 3. The van der Waals surface area contributed by atoms with Crippen molar-refractivity contribution in [1.29, 1.82) is 0 Å². The summed E-state index contributed by atoms with van der Waals surface area (Å²) in [5.74, 6) is -0.514. The molecule has 1 amide bonds. The molecule has 0 unspecified atom stereocenters. The van der Waals surface area contributed by atoms with Crippen molar-refractivity contribution in [3.63, 3.8) is 0 Å². The predicted molar refractivity (Wildman–Crippen MR) is 101 cm³/mol. The summed E-state index contributed by atoms with van der Waals surface area (Å²) >= 11 is 5.73. The lowest BCUT2D eigenvalue weighted by Crippen LogP contribution is -2.35. The van der Waals surface area contributed by atoms with Crippen LogP contribution in [0.5, 0.6) is 0 Å². The van der Waals surface area contributed by atoms with Crippen LogP contribution in [0.2, 0.25) is 5.15 Å². The van der Waals surface area contributed by atoms with Crippen LogP contribution in [0.1, 0.15) is 34.6 Å². The molecule has 0 aliphatic heterocycles. The van der Waals surface area contributed by atoms with Crippen LogP contribution < -0.4 is 11.1 Å². The highest BCUT2D eigenvalue weighted by Gasteiger charge is 2.46. The van der Waals surface area contributed by atoms with Gasteiger partial charge < -0.3 is 11.1 Å². The third-order valence-corrected chi connectivity index (χ3v) is 5.05. The summed E-state index contributed by atoms with van der Waals surface area (Å²) in [4.78, 5) is 15.8. The van der Waals surface area contributed by atoms with Crippen molar-refractivity contribution in [2.45, 2.75) is 24.6 Å². The number of nitrogens with zero attached hydrogens (tertiary/aromatic N) is 2. The highest BCUT2D eigenvalue weighted by Crippen LogP contribution is 2.46. The van der Waals surface area contributed by atoms with E-state index in [2.05, 4.69) is 20.5 Å². The topological polar surface area (TPSA) is 96.7 Å². The highest BCUT2D eigenvalue weighted by atomic mass is 35.5. The number of benzene rings is 1. The molecule has 0 atom stereocenters. The Labute approximate surface area is 168 Å². The minimum Gasteiger partial charge on any atom is -0.383 e. The van der Waals surface area contributed by atoms with E-state index < -0.39 is 17.4 Å². The molecular weight excluding hydrogens is 407 g/mol. The fourth-order valence-corrected chi connectivity index (χ4v) is 3.31. The predicted octanol–water partition coefficient (Wildman–Crippen LogP) is 4.15. The molecule has 0 radical (unpaired) electrons. The molecule has 0 spiro atoms. The Morgan fingerprint density at radius 1 is 1.17 bits per heavy atom. The largest absolute Gasteiger partial charge is 0.433 e. The van der Waals surface area contributed by atoms with Crippen LogP contribution >= 0.6 is 11.6 Å². The second-order valence-electron chi connectivity index (χ2n) is 6.84. The first-order valence-electron chi connectivity index (χ1n) is 8.66. The number of pyridine rings is 1. The lowest BCUT2D eigenvalue weighted by Gasteiger charge is -2.18. The molecule has 1 saturated carbocycles. The van der Waals surface area contributed by atoms with E-state index in [1.807, 2.05) is 12.1 Å². The molecule has 4 rings (SSSR count). The zero-order valence-electron chi connectivity index (χ0n) is 14.8. The van der Waals surface area contributed by atoms with Crippen molar-refractivity contribution in [2.24, 2.45) is 0 Å². The molecular formula is C19H15ClF3N5O. The maximum absolute atomic E-state index is 12.8. The van der Waals surface area contributed by atoms with Crippen LogP contribution in [0.4, 0.5) is 19.0 Å². The lowest BCUT2D eigenvalue weighted by atomic mass is 9.99. The fraction of sp³-hybridized carbons (Fsp3) is 0.211. The number of anilines is 1. The van der Waals surface area contributed by atoms with E-state index in [4.69, 9.17) is 17.3 Å². The summed E-state index contributed by atoms with van der Waals surface area (Å²) < 4.78 is 38.3. The summed E-state index contributed by atoms with van der Waals surface area (Å²) in [6, 6.07) is 10.8. The van der Waals surface area contributed by atoms with Crippen molar-refractivity contribution in [3.05, 3.63) is 64.6 Å².